The van der Waals surface area contributed by atoms with Gasteiger partial charge in [-0.3, -0.25) is 0 Å². The smallest absolute Gasteiger partial charge is 0.243 e. The Bertz CT molecular complexity index is 582. The van der Waals surface area contributed by atoms with Gasteiger partial charge in [0, 0.05) is 18.3 Å². The van der Waals surface area contributed by atoms with Crippen molar-refractivity contribution in [1.82, 2.24) is 4.31 Å². The van der Waals surface area contributed by atoms with Crippen LogP contribution in [0.1, 0.15) is 36.5 Å². The highest BCUT2D eigenvalue weighted by Crippen LogP contribution is 2.33. The third kappa shape index (κ3) is 2.25. The first-order valence-corrected chi connectivity index (χ1v) is 8.09. The third-order valence-corrected chi connectivity index (χ3v) is 6.42. The van der Waals surface area contributed by atoms with Crippen LogP contribution >= 0.6 is 0 Å². The molecule has 1 atom stereocenters. The van der Waals surface area contributed by atoms with Crippen LogP contribution in [0.2, 0.25) is 0 Å². The van der Waals surface area contributed by atoms with Crippen molar-refractivity contribution in [1.29, 1.82) is 0 Å². The summed E-state index contributed by atoms with van der Waals surface area (Å²) in [6, 6.07) is 1.92. The van der Waals surface area contributed by atoms with Crippen molar-refractivity contribution in [3.8, 4) is 0 Å². The molecule has 106 valence electrons. The zero-order valence-electron chi connectivity index (χ0n) is 12.0. The maximum atomic E-state index is 12.9. The number of hydrogen-bond donors (Lipinski definition) is 1. The number of aryl methyl sites for hydroxylation is 1. The van der Waals surface area contributed by atoms with Crippen molar-refractivity contribution in [3.63, 3.8) is 0 Å². The Kier molecular flexibility index (Phi) is 3.62. The summed E-state index contributed by atoms with van der Waals surface area (Å²) in [7, 11) is -3.44. The van der Waals surface area contributed by atoms with Crippen LogP contribution < -0.4 is 5.73 Å². The molecular weight excluding hydrogens is 260 g/mol. The van der Waals surface area contributed by atoms with Crippen LogP contribution in [-0.4, -0.2) is 25.3 Å². The quantitative estimate of drug-likeness (QED) is 0.847. The summed E-state index contributed by atoms with van der Waals surface area (Å²) in [4.78, 5) is 0.402. The fraction of sp³-hybridized carbons (Fsp3) is 0.571. The minimum absolute atomic E-state index is 0.0746. The Balaban J connectivity index is 2.64. The molecule has 0 radical (unpaired) electrons. The summed E-state index contributed by atoms with van der Waals surface area (Å²) in [5, 5.41) is 0. The van der Waals surface area contributed by atoms with Gasteiger partial charge in [0.05, 0.1) is 4.90 Å². The lowest BCUT2D eigenvalue weighted by molar-refractivity contribution is 0.407. The van der Waals surface area contributed by atoms with E-state index in [2.05, 4.69) is 0 Å². The first kappa shape index (κ1) is 14.3. The fourth-order valence-electron chi connectivity index (χ4n) is 2.81. The molecule has 0 spiro atoms. The molecule has 1 saturated heterocycles. The lowest BCUT2D eigenvalue weighted by Crippen LogP contribution is -2.34. The molecule has 0 saturated carbocycles. The van der Waals surface area contributed by atoms with E-state index < -0.39 is 10.0 Å². The van der Waals surface area contributed by atoms with E-state index >= 15 is 0 Å². The van der Waals surface area contributed by atoms with Crippen molar-refractivity contribution in [2.45, 2.75) is 51.5 Å². The number of nitrogen functional groups attached to an aromatic ring is 1. The van der Waals surface area contributed by atoms with Gasteiger partial charge >= 0.3 is 0 Å². The average Bonchev–Trinajstić information content (AvgIpc) is 2.73. The Hall–Kier alpha value is -1.07. The minimum atomic E-state index is -3.44. The van der Waals surface area contributed by atoms with Crippen LogP contribution in [0.3, 0.4) is 0 Å². The molecule has 1 heterocycles. The van der Waals surface area contributed by atoms with Gasteiger partial charge in [0.1, 0.15) is 0 Å². The van der Waals surface area contributed by atoms with E-state index in [4.69, 9.17) is 5.73 Å². The van der Waals surface area contributed by atoms with Gasteiger partial charge in [-0.2, -0.15) is 4.31 Å². The van der Waals surface area contributed by atoms with Crippen LogP contribution in [0.4, 0.5) is 5.69 Å². The highest BCUT2D eigenvalue weighted by molar-refractivity contribution is 7.89. The molecule has 2 rings (SSSR count). The van der Waals surface area contributed by atoms with E-state index in [1.54, 1.807) is 11.2 Å². The summed E-state index contributed by atoms with van der Waals surface area (Å²) in [5.74, 6) is 0. The number of hydrogen-bond acceptors (Lipinski definition) is 3. The first-order valence-electron chi connectivity index (χ1n) is 6.65. The van der Waals surface area contributed by atoms with Gasteiger partial charge in [-0.15, -0.1) is 0 Å². The monoisotopic (exact) mass is 282 g/mol. The number of nitrogens with zero attached hydrogens (tertiary/aromatic N) is 1. The van der Waals surface area contributed by atoms with Crippen LogP contribution in [-0.2, 0) is 10.0 Å². The van der Waals surface area contributed by atoms with Gasteiger partial charge in [0.2, 0.25) is 10.0 Å². The lowest BCUT2D eigenvalue weighted by Gasteiger charge is -2.24. The Morgan fingerprint density at radius 1 is 1.26 bits per heavy atom. The van der Waals surface area contributed by atoms with E-state index in [1.807, 2.05) is 26.8 Å². The van der Waals surface area contributed by atoms with Crippen molar-refractivity contribution < 1.29 is 8.42 Å². The molecule has 1 aliphatic rings. The van der Waals surface area contributed by atoms with Gasteiger partial charge in [-0.1, -0.05) is 0 Å². The van der Waals surface area contributed by atoms with E-state index in [0.717, 1.165) is 24.0 Å². The van der Waals surface area contributed by atoms with E-state index in [1.165, 1.54) is 0 Å². The molecule has 0 aromatic heterocycles. The topological polar surface area (TPSA) is 63.4 Å². The second-order valence-electron chi connectivity index (χ2n) is 5.47. The molecule has 1 aromatic carbocycles. The Morgan fingerprint density at radius 3 is 2.42 bits per heavy atom. The first-order chi connectivity index (χ1) is 8.76. The standard InChI is InChI=1S/C14H22N2O2S/c1-9-8-13(15)12(4)14(11(9)3)19(17,18)16-7-5-6-10(16)2/h8,10H,5-7,15H2,1-4H3. The predicted molar refractivity (Wildman–Crippen MR) is 77.7 cm³/mol. The van der Waals surface area contributed by atoms with Crippen molar-refractivity contribution in [3.05, 3.63) is 22.8 Å². The molecule has 5 heteroatoms. The van der Waals surface area contributed by atoms with Gasteiger partial charge in [0.25, 0.3) is 0 Å². The summed E-state index contributed by atoms with van der Waals surface area (Å²) in [6.07, 6.45) is 1.86. The maximum Gasteiger partial charge on any atom is 0.243 e. The van der Waals surface area contributed by atoms with E-state index in [9.17, 15) is 8.42 Å². The van der Waals surface area contributed by atoms with Crippen molar-refractivity contribution in [2.75, 3.05) is 12.3 Å². The SMILES string of the molecule is Cc1cc(N)c(C)c(S(=O)(=O)N2CCCC2C)c1C. The highest BCUT2D eigenvalue weighted by Gasteiger charge is 2.35. The maximum absolute atomic E-state index is 12.9. The molecular formula is C14H22N2O2S. The van der Waals surface area contributed by atoms with Crippen LogP contribution in [0.25, 0.3) is 0 Å². The van der Waals surface area contributed by atoms with Gasteiger partial charge in [-0.05, 0) is 63.3 Å². The number of nitrogens with two attached hydrogens (primary N) is 1. The second-order valence-corrected chi connectivity index (χ2v) is 7.30. The molecule has 2 N–H and O–H groups in total. The third-order valence-electron chi connectivity index (χ3n) is 4.14. The zero-order valence-corrected chi connectivity index (χ0v) is 12.8. The molecule has 0 bridgehead atoms. The molecule has 1 aromatic rings. The van der Waals surface area contributed by atoms with E-state index in [-0.39, 0.29) is 6.04 Å². The average molecular weight is 282 g/mol. The molecule has 0 aliphatic carbocycles. The predicted octanol–water partition coefficient (Wildman–Crippen LogP) is 2.37. The van der Waals surface area contributed by atoms with Crippen LogP contribution in [0.15, 0.2) is 11.0 Å². The molecule has 0 amide bonds. The minimum Gasteiger partial charge on any atom is -0.398 e. The van der Waals surface area contributed by atoms with Crippen LogP contribution in [0, 0.1) is 20.8 Å². The van der Waals surface area contributed by atoms with E-state index in [0.29, 0.717) is 22.7 Å². The second kappa shape index (κ2) is 4.80. The normalized spacial score (nSPS) is 20.9. The summed E-state index contributed by atoms with van der Waals surface area (Å²) < 4.78 is 27.3. The van der Waals surface area contributed by atoms with Gasteiger partial charge < -0.3 is 5.73 Å². The molecule has 1 unspecified atom stereocenters. The number of anilines is 1. The van der Waals surface area contributed by atoms with Crippen molar-refractivity contribution >= 4 is 15.7 Å². The Labute approximate surface area is 115 Å². The zero-order chi connectivity index (χ0) is 14.4. The largest absolute Gasteiger partial charge is 0.398 e. The van der Waals surface area contributed by atoms with Crippen molar-refractivity contribution in [2.24, 2.45) is 0 Å². The number of benzene rings is 1. The molecule has 19 heavy (non-hydrogen) atoms. The highest BCUT2D eigenvalue weighted by atomic mass is 32.2. The molecule has 1 aliphatic heterocycles. The number of sulfonamides is 1. The fourth-order valence-corrected chi connectivity index (χ4v) is 5.05. The van der Waals surface area contributed by atoms with Crippen LogP contribution in [0.5, 0.6) is 0 Å². The summed E-state index contributed by atoms with van der Waals surface area (Å²) >= 11 is 0. The number of rotatable bonds is 2. The summed E-state index contributed by atoms with van der Waals surface area (Å²) in [5.41, 5.74) is 8.89. The van der Waals surface area contributed by atoms with Gasteiger partial charge in [0.15, 0.2) is 0 Å². The lowest BCUT2D eigenvalue weighted by atomic mass is 10.1. The van der Waals surface area contributed by atoms with Gasteiger partial charge in [-0.25, -0.2) is 8.42 Å². The summed E-state index contributed by atoms with van der Waals surface area (Å²) in [6.45, 7) is 8.12. The Morgan fingerprint density at radius 2 is 1.89 bits per heavy atom. The molecule has 4 nitrogen and oxygen atoms in total. The molecule has 1 fully saturated rings.